The van der Waals surface area contributed by atoms with Gasteiger partial charge in [0.15, 0.2) is 0 Å². The molecule has 0 saturated heterocycles. The maximum Gasteiger partial charge on any atom is 0.247 e. The van der Waals surface area contributed by atoms with Crippen LogP contribution in [0.3, 0.4) is 0 Å². The Morgan fingerprint density at radius 3 is 2.33 bits per heavy atom. The lowest BCUT2D eigenvalue weighted by Gasteiger charge is -2.24. The highest BCUT2D eigenvalue weighted by molar-refractivity contribution is 7.89. The van der Waals surface area contributed by atoms with Crippen molar-refractivity contribution in [3.63, 3.8) is 0 Å². The number of aryl methyl sites for hydroxylation is 2. The molecular formula is C10H18N4O3S. The van der Waals surface area contributed by atoms with E-state index in [0.29, 0.717) is 11.4 Å². The third kappa shape index (κ3) is 2.70. The van der Waals surface area contributed by atoms with Gasteiger partial charge in [-0.05, 0) is 27.7 Å². The van der Waals surface area contributed by atoms with Gasteiger partial charge in [-0.3, -0.25) is 9.89 Å². The number of amides is 1. The van der Waals surface area contributed by atoms with Gasteiger partial charge < -0.3 is 5.73 Å². The molecule has 1 heterocycles. The van der Waals surface area contributed by atoms with Gasteiger partial charge >= 0.3 is 0 Å². The molecule has 1 rings (SSSR count). The van der Waals surface area contributed by atoms with Gasteiger partial charge in [-0.25, -0.2) is 8.42 Å². The molecular weight excluding hydrogens is 256 g/mol. The summed E-state index contributed by atoms with van der Waals surface area (Å²) in [6.07, 6.45) is 0. The summed E-state index contributed by atoms with van der Waals surface area (Å²) >= 11 is 0. The fraction of sp³-hybridized carbons (Fsp3) is 0.600. The molecule has 8 heteroatoms. The lowest BCUT2D eigenvalue weighted by atomic mass is 10.4. The van der Waals surface area contributed by atoms with E-state index in [0.717, 1.165) is 4.31 Å². The molecule has 1 aromatic rings. The maximum absolute atomic E-state index is 12.5. The van der Waals surface area contributed by atoms with Crippen molar-refractivity contribution >= 4 is 15.9 Å². The smallest absolute Gasteiger partial charge is 0.247 e. The zero-order valence-electron chi connectivity index (χ0n) is 10.9. The number of aromatic amines is 1. The predicted molar refractivity (Wildman–Crippen MR) is 66.3 cm³/mol. The monoisotopic (exact) mass is 274 g/mol. The summed E-state index contributed by atoms with van der Waals surface area (Å²) in [5.74, 6) is -0.689. The van der Waals surface area contributed by atoms with Crippen LogP contribution in [-0.2, 0) is 14.8 Å². The van der Waals surface area contributed by atoms with Crippen molar-refractivity contribution in [1.29, 1.82) is 0 Å². The van der Waals surface area contributed by atoms with Crippen LogP contribution in [0.2, 0.25) is 0 Å². The standard InChI is InChI=1S/C10H18N4O3S/c1-6(2)14(5-9(11)15)18(16,17)10-7(3)12-13-8(10)4/h6H,5H2,1-4H3,(H2,11,15)(H,12,13). The molecule has 0 aliphatic carbocycles. The fourth-order valence-electron chi connectivity index (χ4n) is 1.74. The lowest BCUT2D eigenvalue weighted by Crippen LogP contribution is -2.42. The van der Waals surface area contributed by atoms with Crippen molar-refractivity contribution < 1.29 is 13.2 Å². The first-order valence-corrected chi connectivity index (χ1v) is 6.93. The van der Waals surface area contributed by atoms with Crippen LogP contribution in [-0.4, -0.2) is 41.4 Å². The number of nitrogens with zero attached hydrogens (tertiary/aromatic N) is 2. The predicted octanol–water partition coefficient (Wildman–Crippen LogP) is -0.0891. The van der Waals surface area contributed by atoms with Gasteiger partial charge in [-0.15, -0.1) is 0 Å². The zero-order chi connectivity index (χ0) is 14.1. The van der Waals surface area contributed by atoms with Crippen molar-refractivity contribution in [2.75, 3.05) is 6.54 Å². The van der Waals surface area contributed by atoms with Crippen molar-refractivity contribution in [3.05, 3.63) is 11.4 Å². The highest BCUT2D eigenvalue weighted by Gasteiger charge is 2.32. The van der Waals surface area contributed by atoms with Crippen LogP contribution in [0.15, 0.2) is 4.90 Å². The first kappa shape index (κ1) is 14.7. The quantitative estimate of drug-likeness (QED) is 0.782. The van der Waals surface area contributed by atoms with E-state index in [9.17, 15) is 13.2 Å². The molecule has 0 aliphatic rings. The molecule has 0 atom stereocenters. The van der Waals surface area contributed by atoms with Crippen LogP contribution < -0.4 is 5.73 Å². The fourth-order valence-corrected chi connectivity index (χ4v) is 3.67. The average molecular weight is 274 g/mol. The number of sulfonamides is 1. The van der Waals surface area contributed by atoms with E-state index in [1.54, 1.807) is 27.7 Å². The highest BCUT2D eigenvalue weighted by Crippen LogP contribution is 2.22. The van der Waals surface area contributed by atoms with E-state index in [2.05, 4.69) is 10.2 Å². The zero-order valence-corrected chi connectivity index (χ0v) is 11.7. The molecule has 0 unspecified atom stereocenters. The van der Waals surface area contributed by atoms with Gasteiger partial charge in [0.1, 0.15) is 4.90 Å². The molecule has 7 nitrogen and oxygen atoms in total. The number of nitrogens with two attached hydrogens (primary N) is 1. The minimum Gasteiger partial charge on any atom is -0.369 e. The normalized spacial score (nSPS) is 12.3. The lowest BCUT2D eigenvalue weighted by molar-refractivity contribution is -0.118. The van der Waals surface area contributed by atoms with Crippen LogP contribution in [0.4, 0.5) is 0 Å². The summed E-state index contributed by atoms with van der Waals surface area (Å²) in [5, 5.41) is 6.47. The van der Waals surface area contributed by atoms with Gasteiger partial charge in [0, 0.05) is 6.04 Å². The van der Waals surface area contributed by atoms with E-state index < -0.39 is 15.9 Å². The Morgan fingerprint density at radius 2 is 2.00 bits per heavy atom. The first-order valence-electron chi connectivity index (χ1n) is 5.49. The van der Waals surface area contributed by atoms with E-state index in [4.69, 9.17) is 5.73 Å². The number of carbonyl (C=O) groups excluding carboxylic acids is 1. The van der Waals surface area contributed by atoms with Gasteiger partial charge in [0.2, 0.25) is 15.9 Å². The van der Waals surface area contributed by atoms with Crippen LogP contribution >= 0.6 is 0 Å². The van der Waals surface area contributed by atoms with Crippen LogP contribution in [0.25, 0.3) is 0 Å². The number of carbonyl (C=O) groups is 1. The van der Waals surface area contributed by atoms with Crippen LogP contribution in [0, 0.1) is 13.8 Å². The Labute approximate surface area is 106 Å². The summed E-state index contributed by atoms with van der Waals surface area (Å²) in [6.45, 7) is 6.25. The molecule has 18 heavy (non-hydrogen) atoms. The molecule has 1 amide bonds. The van der Waals surface area contributed by atoms with E-state index in [1.165, 1.54) is 0 Å². The minimum absolute atomic E-state index is 0.109. The van der Waals surface area contributed by atoms with Crippen LogP contribution in [0.1, 0.15) is 25.2 Å². The molecule has 0 radical (unpaired) electrons. The second kappa shape index (κ2) is 5.07. The topological polar surface area (TPSA) is 109 Å². The first-order chi connectivity index (χ1) is 8.17. The third-order valence-corrected chi connectivity index (χ3v) is 4.80. The van der Waals surface area contributed by atoms with Gasteiger partial charge in [0.05, 0.1) is 17.9 Å². The molecule has 0 aliphatic heterocycles. The molecule has 0 bridgehead atoms. The van der Waals surface area contributed by atoms with Crippen molar-refractivity contribution in [2.45, 2.75) is 38.6 Å². The minimum atomic E-state index is -3.77. The molecule has 0 aromatic carbocycles. The Hall–Kier alpha value is -1.41. The number of hydrogen-bond acceptors (Lipinski definition) is 4. The highest BCUT2D eigenvalue weighted by atomic mass is 32.2. The molecule has 0 saturated carbocycles. The van der Waals surface area contributed by atoms with E-state index in [1.807, 2.05) is 0 Å². The Kier molecular flexibility index (Phi) is 4.12. The summed E-state index contributed by atoms with van der Waals surface area (Å²) in [7, 11) is -3.77. The summed E-state index contributed by atoms with van der Waals surface area (Å²) in [6, 6.07) is -0.365. The number of rotatable bonds is 5. The van der Waals surface area contributed by atoms with Crippen molar-refractivity contribution in [3.8, 4) is 0 Å². The van der Waals surface area contributed by atoms with Gasteiger partial charge in [0.25, 0.3) is 0 Å². The molecule has 102 valence electrons. The Bertz CT molecular complexity index is 528. The SMILES string of the molecule is Cc1n[nH]c(C)c1S(=O)(=O)N(CC(N)=O)C(C)C. The average Bonchev–Trinajstić information content (AvgIpc) is 2.54. The third-order valence-electron chi connectivity index (χ3n) is 2.51. The molecule has 0 fully saturated rings. The van der Waals surface area contributed by atoms with E-state index >= 15 is 0 Å². The summed E-state index contributed by atoms with van der Waals surface area (Å²) < 4.78 is 26.0. The van der Waals surface area contributed by atoms with Gasteiger partial charge in [-0.2, -0.15) is 9.40 Å². The number of primary amides is 1. The second-order valence-electron chi connectivity index (χ2n) is 4.37. The largest absolute Gasteiger partial charge is 0.369 e. The Balaban J connectivity index is 3.30. The summed E-state index contributed by atoms with van der Waals surface area (Å²) in [5.41, 5.74) is 5.91. The van der Waals surface area contributed by atoms with Gasteiger partial charge in [-0.1, -0.05) is 0 Å². The molecule has 0 spiro atoms. The maximum atomic E-state index is 12.5. The van der Waals surface area contributed by atoms with Crippen LogP contribution in [0.5, 0.6) is 0 Å². The second-order valence-corrected chi connectivity index (χ2v) is 6.20. The van der Waals surface area contributed by atoms with E-state index in [-0.39, 0.29) is 17.5 Å². The number of hydrogen-bond donors (Lipinski definition) is 2. The number of aromatic nitrogens is 2. The molecule has 1 aromatic heterocycles. The Morgan fingerprint density at radius 1 is 1.44 bits per heavy atom. The summed E-state index contributed by atoms with van der Waals surface area (Å²) in [4.78, 5) is 11.1. The van der Waals surface area contributed by atoms with Crippen molar-refractivity contribution in [2.24, 2.45) is 5.73 Å². The molecule has 3 N–H and O–H groups in total. The number of H-pyrrole nitrogens is 1. The number of nitrogens with one attached hydrogen (secondary N) is 1. The van der Waals surface area contributed by atoms with Crippen molar-refractivity contribution in [1.82, 2.24) is 14.5 Å².